The fourth-order valence-corrected chi connectivity index (χ4v) is 4.67. The fourth-order valence-electron chi connectivity index (χ4n) is 4.67. The minimum absolute atomic E-state index is 0.121. The minimum Gasteiger partial charge on any atom is -0.387 e. The van der Waals surface area contributed by atoms with E-state index >= 15 is 0 Å². The number of aliphatic hydroxyl groups is 1. The average Bonchev–Trinajstić information content (AvgIpc) is 2.74. The third-order valence-corrected chi connectivity index (χ3v) is 6.17. The minimum atomic E-state index is -0.461. The third kappa shape index (κ3) is 3.79. The van der Waals surface area contributed by atoms with Crippen LogP contribution in [0.25, 0.3) is 0 Å². The van der Waals surface area contributed by atoms with E-state index in [1.54, 1.807) is 4.90 Å². The van der Waals surface area contributed by atoms with E-state index in [2.05, 4.69) is 12.1 Å². The van der Waals surface area contributed by atoms with Gasteiger partial charge in [0, 0.05) is 26.2 Å². The molecule has 3 aliphatic rings. The lowest BCUT2D eigenvalue weighted by atomic mass is 9.78. The van der Waals surface area contributed by atoms with Gasteiger partial charge < -0.3 is 24.4 Å². The SMILES string of the molecule is O=C(CO)N1CCC2(CC1)OC(CC(=O)N1CCOCC1)Cc1ccccc12. The van der Waals surface area contributed by atoms with Crippen molar-refractivity contribution in [1.82, 2.24) is 9.80 Å². The second-order valence-corrected chi connectivity index (χ2v) is 7.83. The van der Waals surface area contributed by atoms with E-state index in [1.807, 2.05) is 17.0 Å². The molecule has 3 aliphatic heterocycles. The zero-order chi connectivity index (χ0) is 19.6. The van der Waals surface area contributed by atoms with E-state index < -0.39 is 12.2 Å². The second kappa shape index (κ2) is 8.19. The molecule has 2 saturated heterocycles. The number of nitrogens with zero attached hydrogens (tertiary/aromatic N) is 2. The molecule has 0 radical (unpaired) electrons. The van der Waals surface area contributed by atoms with Crippen LogP contribution in [0.1, 0.15) is 30.4 Å². The summed E-state index contributed by atoms with van der Waals surface area (Å²) in [5.74, 6) is -0.117. The number of morpholine rings is 1. The van der Waals surface area contributed by atoms with E-state index in [-0.39, 0.29) is 17.9 Å². The van der Waals surface area contributed by atoms with Crippen LogP contribution in [0.4, 0.5) is 0 Å². The molecular formula is C21H28N2O5. The monoisotopic (exact) mass is 388 g/mol. The number of aliphatic hydroxyl groups excluding tert-OH is 1. The maximum atomic E-state index is 12.7. The van der Waals surface area contributed by atoms with E-state index in [0.717, 1.165) is 6.42 Å². The molecule has 7 nitrogen and oxygen atoms in total. The Labute approximate surface area is 165 Å². The highest BCUT2D eigenvalue weighted by Gasteiger charge is 2.44. The van der Waals surface area contributed by atoms with Gasteiger partial charge in [0.25, 0.3) is 0 Å². The molecule has 28 heavy (non-hydrogen) atoms. The summed E-state index contributed by atoms with van der Waals surface area (Å²) in [5.41, 5.74) is 1.95. The van der Waals surface area contributed by atoms with Crippen LogP contribution in [0.15, 0.2) is 24.3 Å². The van der Waals surface area contributed by atoms with E-state index in [1.165, 1.54) is 11.1 Å². The van der Waals surface area contributed by atoms with Crippen molar-refractivity contribution in [3.8, 4) is 0 Å². The van der Waals surface area contributed by atoms with Gasteiger partial charge in [-0.1, -0.05) is 24.3 Å². The first-order valence-electron chi connectivity index (χ1n) is 10.1. The number of hydrogen-bond acceptors (Lipinski definition) is 5. The van der Waals surface area contributed by atoms with Gasteiger partial charge >= 0.3 is 0 Å². The normalized spacial score (nSPS) is 24.1. The average molecular weight is 388 g/mol. The van der Waals surface area contributed by atoms with Crippen molar-refractivity contribution in [3.63, 3.8) is 0 Å². The highest BCUT2D eigenvalue weighted by molar-refractivity contribution is 5.77. The Balaban J connectivity index is 1.50. The topological polar surface area (TPSA) is 79.3 Å². The maximum absolute atomic E-state index is 12.7. The highest BCUT2D eigenvalue weighted by atomic mass is 16.5. The van der Waals surface area contributed by atoms with Crippen molar-refractivity contribution >= 4 is 11.8 Å². The summed E-state index contributed by atoms with van der Waals surface area (Å²) in [6, 6.07) is 8.29. The lowest BCUT2D eigenvalue weighted by Gasteiger charge is -2.47. The standard InChI is InChI=1S/C21H28N2O5/c24-15-20(26)22-7-5-21(6-8-22)18-4-2-1-3-16(18)13-17(28-21)14-19(25)23-9-11-27-12-10-23/h1-4,17,24H,5-15H2. The van der Waals surface area contributed by atoms with Crippen LogP contribution in [0.3, 0.4) is 0 Å². The van der Waals surface area contributed by atoms with Gasteiger partial charge in [-0.3, -0.25) is 9.59 Å². The molecule has 0 aromatic heterocycles. The summed E-state index contributed by atoms with van der Waals surface area (Å²) in [4.78, 5) is 28.1. The van der Waals surface area contributed by atoms with Crippen LogP contribution in [0.5, 0.6) is 0 Å². The lowest BCUT2D eigenvalue weighted by Crippen LogP contribution is -2.51. The van der Waals surface area contributed by atoms with E-state index in [0.29, 0.717) is 58.7 Å². The Morgan fingerprint density at radius 1 is 1.04 bits per heavy atom. The Bertz CT molecular complexity index is 723. The number of carbonyl (C=O) groups excluding carboxylic acids is 2. The number of amides is 2. The smallest absolute Gasteiger partial charge is 0.248 e. The van der Waals surface area contributed by atoms with Crippen molar-refractivity contribution < 1.29 is 24.2 Å². The number of likely N-dealkylation sites (tertiary alicyclic amines) is 1. The number of carbonyl (C=O) groups is 2. The molecule has 152 valence electrons. The van der Waals surface area contributed by atoms with Gasteiger partial charge in [-0.05, 0) is 30.4 Å². The molecule has 1 aromatic rings. The molecule has 7 heteroatoms. The predicted octanol–water partition coefficient (Wildman–Crippen LogP) is 0.687. The van der Waals surface area contributed by atoms with Gasteiger partial charge in [0.05, 0.1) is 31.3 Å². The first-order valence-corrected chi connectivity index (χ1v) is 10.1. The molecule has 0 saturated carbocycles. The fraction of sp³-hybridized carbons (Fsp3) is 0.619. The van der Waals surface area contributed by atoms with Crippen LogP contribution >= 0.6 is 0 Å². The number of hydrogen-bond donors (Lipinski definition) is 1. The predicted molar refractivity (Wildman–Crippen MR) is 102 cm³/mol. The van der Waals surface area contributed by atoms with Crippen molar-refractivity contribution in [2.45, 2.75) is 37.4 Å². The van der Waals surface area contributed by atoms with Gasteiger partial charge in [-0.15, -0.1) is 0 Å². The zero-order valence-electron chi connectivity index (χ0n) is 16.1. The largest absolute Gasteiger partial charge is 0.387 e. The molecule has 1 aromatic carbocycles. The van der Waals surface area contributed by atoms with Crippen LogP contribution in [-0.2, 0) is 31.1 Å². The lowest BCUT2D eigenvalue weighted by molar-refractivity contribution is -0.161. The number of piperidine rings is 1. The summed E-state index contributed by atoms with van der Waals surface area (Å²) >= 11 is 0. The quantitative estimate of drug-likeness (QED) is 0.824. The molecule has 2 fully saturated rings. The summed E-state index contributed by atoms with van der Waals surface area (Å²) < 4.78 is 11.9. The Hall–Kier alpha value is -1.96. The molecular weight excluding hydrogens is 360 g/mol. The first-order chi connectivity index (χ1) is 13.6. The zero-order valence-corrected chi connectivity index (χ0v) is 16.1. The van der Waals surface area contributed by atoms with E-state index in [4.69, 9.17) is 14.6 Å². The highest BCUT2D eigenvalue weighted by Crippen LogP contribution is 2.44. The summed E-state index contributed by atoms with van der Waals surface area (Å²) in [6.07, 6.45) is 2.30. The maximum Gasteiger partial charge on any atom is 0.248 e. The van der Waals surface area contributed by atoms with Gasteiger partial charge in [0.15, 0.2) is 0 Å². The van der Waals surface area contributed by atoms with Gasteiger partial charge in [-0.25, -0.2) is 0 Å². The van der Waals surface area contributed by atoms with Crippen molar-refractivity contribution in [2.24, 2.45) is 0 Å². The van der Waals surface area contributed by atoms with Gasteiger partial charge in [0.2, 0.25) is 11.8 Å². The Kier molecular flexibility index (Phi) is 5.66. The Morgan fingerprint density at radius 3 is 2.43 bits per heavy atom. The molecule has 4 rings (SSSR count). The van der Waals surface area contributed by atoms with Crippen LogP contribution in [-0.4, -0.2) is 78.8 Å². The molecule has 1 N–H and O–H groups in total. The summed E-state index contributed by atoms with van der Waals surface area (Å²) in [5, 5.41) is 9.14. The number of fused-ring (bicyclic) bond motifs is 2. The Morgan fingerprint density at radius 2 is 1.71 bits per heavy atom. The summed E-state index contributed by atoms with van der Waals surface area (Å²) in [7, 11) is 0. The molecule has 1 unspecified atom stereocenters. The molecule has 0 bridgehead atoms. The van der Waals surface area contributed by atoms with Crippen LogP contribution in [0, 0.1) is 0 Å². The number of benzene rings is 1. The third-order valence-electron chi connectivity index (χ3n) is 6.17. The molecule has 3 heterocycles. The van der Waals surface area contributed by atoms with Crippen LogP contribution in [0.2, 0.25) is 0 Å². The van der Waals surface area contributed by atoms with Crippen molar-refractivity contribution in [3.05, 3.63) is 35.4 Å². The summed E-state index contributed by atoms with van der Waals surface area (Å²) in [6.45, 7) is 3.13. The van der Waals surface area contributed by atoms with Gasteiger partial charge in [-0.2, -0.15) is 0 Å². The second-order valence-electron chi connectivity index (χ2n) is 7.83. The number of rotatable bonds is 3. The van der Waals surface area contributed by atoms with Crippen molar-refractivity contribution in [2.75, 3.05) is 46.0 Å². The molecule has 0 aliphatic carbocycles. The molecule has 2 amide bonds. The van der Waals surface area contributed by atoms with E-state index in [9.17, 15) is 9.59 Å². The van der Waals surface area contributed by atoms with Gasteiger partial charge in [0.1, 0.15) is 6.61 Å². The number of ether oxygens (including phenoxy) is 2. The van der Waals surface area contributed by atoms with Crippen molar-refractivity contribution in [1.29, 1.82) is 0 Å². The molecule has 1 spiro atoms. The first kappa shape index (κ1) is 19.4. The van der Waals surface area contributed by atoms with Crippen LogP contribution < -0.4 is 0 Å². The molecule has 1 atom stereocenters.